The third-order valence-corrected chi connectivity index (χ3v) is 3.95. The van der Waals surface area contributed by atoms with Crippen molar-refractivity contribution in [1.29, 1.82) is 0 Å². The maximum atomic E-state index is 5.14. The Labute approximate surface area is 126 Å². The molecule has 0 saturated carbocycles. The molecule has 0 aliphatic heterocycles. The van der Waals surface area contributed by atoms with Crippen LogP contribution in [0.2, 0.25) is 0 Å². The number of methoxy groups -OCH3 is 1. The Balaban J connectivity index is 1.85. The van der Waals surface area contributed by atoms with Gasteiger partial charge in [-0.15, -0.1) is 10.2 Å². The molecule has 1 aromatic carbocycles. The molecule has 0 atom stereocenters. The molecule has 2 heterocycles. The van der Waals surface area contributed by atoms with Crippen LogP contribution in [0.5, 0.6) is 5.75 Å². The van der Waals surface area contributed by atoms with E-state index in [4.69, 9.17) is 4.74 Å². The van der Waals surface area contributed by atoms with Crippen molar-refractivity contribution in [2.75, 3.05) is 7.11 Å². The van der Waals surface area contributed by atoms with Crippen LogP contribution >= 0.6 is 11.3 Å². The quantitative estimate of drug-likeness (QED) is 0.740. The number of hydrogen-bond donors (Lipinski definition) is 0. The summed E-state index contributed by atoms with van der Waals surface area (Å²) in [4.78, 5) is 0.827. The van der Waals surface area contributed by atoms with Gasteiger partial charge in [-0.05, 0) is 23.8 Å². The number of aromatic nitrogens is 4. The largest absolute Gasteiger partial charge is 0.497 e. The van der Waals surface area contributed by atoms with Gasteiger partial charge in [0.1, 0.15) is 10.8 Å². The molecule has 0 unspecified atom stereocenters. The fraction of sp³-hybridized carbons (Fsp3) is 0.267. The fourth-order valence-electron chi connectivity index (χ4n) is 1.96. The average molecular weight is 300 g/mol. The minimum Gasteiger partial charge on any atom is -0.497 e. The molecule has 0 aliphatic rings. The molecule has 5 nitrogen and oxygen atoms in total. The normalized spacial score (nSPS) is 11.8. The predicted octanol–water partition coefficient (Wildman–Crippen LogP) is 3.49. The zero-order chi connectivity index (χ0) is 14.8. The summed E-state index contributed by atoms with van der Waals surface area (Å²) in [5.74, 6) is 2.05. The van der Waals surface area contributed by atoms with E-state index >= 15 is 0 Å². The van der Waals surface area contributed by atoms with Gasteiger partial charge in [-0.25, -0.2) is 0 Å². The minimum absolute atomic E-state index is 0.306. The van der Waals surface area contributed by atoms with Crippen molar-refractivity contribution in [3.63, 3.8) is 0 Å². The Kier molecular flexibility index (Phi) is 3.70. The maximum absolute atomic E-state index is 5.14. The summed E-state index contributed by atoms with van der Waals surface area (Å²) in [6.45, 7) is 4.17. The van der Waals surface area contributed by atoms with Crippen molar-refractivity contribution in [3.05, 3.63) is 40.7 Å². The van der Waals surface area contributed by atoms with E-state index < -0.39 is 0 Å². The second-order valence-corrected chi connectivity index (χ2v) is 5.94. The SMILES string of the molecule is COc1ccc(/C=C/c2nn3c(C(C)C)nnc3s2)cc1. The smallest absolute Gasteiger partial charge is 0.234 e. The first-order chi connectivity index (χ1) is 10.2. The first-order valence-electron chi connectivity index (χ1n) is 6.71. The summed E-state index contributed by atoms with van der Waals surface area (Å²) in [5, 5.41) is 13.8. The van der Waals surface area contributed by atoms with Gasteiger partial charge in [-0.1, -0.05) is 43.4 Å². The minimum atomic E-state index is 0.306. The van der Waals surface area contributed by atoms with Crippen LogP contribution in [0.3, 0.4) is 0 Å². The summed E-state index contributed by atoms with van der Waals surface area (Å²) >= 11 is 1.53. The lowest BCUT2D eigenvalue weighted by molar-refractivity contribution is 0.415. The zero-order valence-electron chi connectivity index (χ0n) is 12.1. The summed E-state index contributed by atoms with van der Waals surface area (Å²) in [6.07, 6.45) is 4.02. The molecule has 0 radical (unpaired) electrons. The lowest BCUT2D eigenvalue weighted by Gasteiger charge is -1.98. The Morgan fingerprint density at radius 2 is 1.90 bits per heavy atom. The van der Waals surface area contributed by atoms with E-state index in [0.29, 0.717) is 5.92 Å². The highest BCUT2D eigenvalue weighted by molar-refractivity contribution is 7.17. The number of ether oxygens (including phenoxy) is 1. The second-order valence-electron chi connectivity index (χ2n) is 4.95. The third-order valence-electron chi connectivity index (χ3n) is 3.08. The van der Waals surface area contributed by atoms with E-state index in [9.17, 15) is 0 Å². The number of benzene rings is 1. The highest BCUT2D eigenvalue weighted by Crippen LogP contribution is 2.20. The van der Waals surface area contributed by atoms with E-state index in [1.807, 2.05) is 40.9 Å². The fourth-order valence-corrected chi connectivity index (χ4v) is 2.70. The highest BCUT2D eigenvalue weighted by atomic mass is 32.1. The van der Waals surface area contributed by atoms with Crippen LogP contribution in [0.25, 0.3) is 17.1 Å². The molecule has 0 N–H and O–H groups in total. The van der Waals surface area contributed by atoms with Gasteiger partial charge in [0.05, 0.1) is 7.11 Å². The van der Waals surface area contributed by atoms with Crippen molar-refractivity contribution in [3.8, 4) is 5.75 Å². The van der Waals surface area contributed by atoms with Gasteiger partial charge in [0.15, 0.2) is 5.82 Å². The summed E-state index contributed by atoms with van der Waals surface area (Å²) in [5.41, 5.74) is 1.10. The maximum Gasteiger partial charge on any atom is 0.234 e. The van der Waals surface area contributed by atoms with Crippen LogP contribution in [0.15, 0.2) is 24.3 Å². The van der Waals surface area contributed by atoms with Gasteiger partial charge >= 0.3 is 0 Å². The summed E-state index contributed by atoms with van der Waals surface area (Å²) in [6, 6.07) is 7.90. The van der Waals surface area contributed by atoms with E-state index in [2.05, 4.69) is 29.1 Å². The lowest BCUT2D eigenvalue weighted by atomic mass is 10.2. The second kappa shape index (κ2) is 5.65. The van der Waals surface area contributed by atoms with Gasteiger partial charge in [-0.3, -0.25) is 0 Å². The highest BCUT2D eigenvalue weighted by Gasteiger charge is 2.12. The van der Waals surface area contributed by atoms with Gasteiger partial charge in [-0.2, -0.15) is 9.61 Å². The standard InChI is InChI=1S/C15H16N4OS/c1-10(2)14-16-17-15-19(14)18-13(21-15)9-6-11-4-7-12(20-3)8-5-11/h4-10H,1-3H3/b9-6+. The van der Waals surface area contributed by atoms with Gasteiger partial charge in [0, 0.05) is 5.92 Å². The van der Waals surface area contributed by atoms with E-state index in [1.165, 1.54) is 11.3 Å². The predicted molar refractivity (Wildman–Crippen MR) is 84.7 cm³/mol. The average Bonchev–Trinajstić information content (AvgIpc) is 3.05. The zero-order valence-corrected chi connectivity index (χ0v) is 13.0. The third kappa shape index (κ3) is 2.80. The molecule has 2 aromatic heterocycles. The first-order valence-corrected chi connectivity index (χ1v) is 7.53. The molecule has 21 heavy (non-hydrogen) atoms. The molecular formula is C15H16N4OS. The molecule has 108 valence electrons. The van der Waals surface area contributed by atoms with Crippen LogP contribution in [-0.2, 0) is 0 Å². The van der Waals surface area contributed by atoms with Crippen LogP contribution in [0, 0.1) is 0 Å². The number of hydrogen-bond acceptors (Lipinski definition) is 5. The van der Waals surface area contributed by atoms with E-state index in [1.54, 1.807) is 7.11 Å². The van der Waals surface area contributed by atoms with Crippen molar-refractivity contribution >= 4 is 28.4 Å². The van der Waals surface area contributed by atoms with Crippen LogP contribution in [0.4, 0.5) is 0 Å². The molecular weight excluding hydrogens is 284 g/mol. The molecule has 0 saturated heterocycles. The molecule has 0 bridgehead atoms. The van der Waals surface area contributed by atoms with Crippen molar-refractivity contribution in [2.24, 2.45) is 0 Å². The molecule has 0 spiro atoms. The van der Waals surface area contributed by atoms with Crippen molar-refractivity contribution < 1.29 is 4.74 Å². The first kappa shape index (κ1) is 13.8. The Morgan fingerprint density at radius 1 is 1.14 bits per heavy atom. The molecule has 3 rings (SSSR count). The van der Waals surface area contributed by atoms with Crippen LogP contribution < -0.4 is 4.74 Å². The number of rotatable bonds is 4. The van der Waals surface area contributed by atoms with Gasteiger partial charge in [0.25, 0.3) is 0 Å². The molecule has 6 heteroatoms. The topological polar surface area (TPSA) is 52.3 Å². The monoisotopic (exact) mass is 300 g/mol. The van der Waals surface area contributed by atoms with Crippen molar-refractivity contribution in [2.45, 2.75) is 19.8 Å². The Morgan fingerprint density at radius 3 is 2.57 bits per heavy atom. The van der Waals surface area contributed by atoms with Crippen LogP contribution in [-0.4, -0.2) is 26.9 Å². The molecule has 0 aliphatic carbocycles. The van der Waals surface area contributed by atoms with Gasteiger partial charge in [0.2, 0.25) is 4.96 Å². The number of nitrogens with zero attached hydrogens (tertiary/aromatic N) is 4. The summed E-state index contributed by atoms with van der Waals surface area (Å²) in [7, 11) is 1.66. The van der Waals surface area contributed by atoms with Crippen molar-refractivity contribution in [1.82, 2.24) is 19.8 Å². The lowest BCUT2D eigenvalue weighted by Crippen LogP contribution is -1.97. The van der Waals surface area contributed by atoms with E-state index in [0.717, 1.165) is 27.1 Å². The Bertz CT molecular complexity index is 771. The molecule has 3 aromatic rings. The number of fused-ring (bicyclic) bond motifs is 1. The van der Waals surface area contributed by atoms with Crippen LogP contribution in [0.1, 0.15) is 36.2 Å². The Hall–Kier alpha value is -2.21. The van der Waals surface area contributed by atoms with E-state index in [-0.39, 0.29) is 0 Å². The van der Waals surface area contributed by atoms with Gasteiger partial charge < -0.3 is 4.74 Å². The molecule has 0 amide bonds. The summed E-state index contributed by atoms with van der Waals surface area (Å²) < 4.78 is 6.97. The molecule has 0 fully saturated rings.